The fourth-order valence-electron chi connectivity index (χ4n) is 1.50. The largest absolute Gasteiger partial charge is 0.316 e. The van der Waals surface area contributed by atoms with E-state index in [1.807, 2.05) is 0 Å². The van der Waals surface area contributed by atoms with Gasteiger partial charge in [-0.05, 0) is 38.4 Å². The van der Waals surface area contributed by atoms with E-state index in [2.05, 4.69) is 24.5 Å². The molecular weight excluding hydrogens is 136 g/mol. The Kier molecular flexibility index (Phi) is 3.87. The van der Waals surface area contributed by atoms with Crippen LogP contribution in [0.15, 0.2) is 0 Å². The number of nitrogens with one attached hydrogen (secondary N) is 2. The van der Waals surface area contributed by atoms with Crippen molar-refractivity contribution in [3.05, 3.63) is 0 Å². The second-order valence-electron chi connectivity index (χ2n) is 3.78. The minimum atomic E-state index is 0.636. The zero-order valence-corrected chi connectivity index (χ0v) is 7.69. The van der Waals surface area contributed by atoms with Crippen LogP contribution in [-0.2, 0) is 0 Å². The van der Waals surface area contributed by atoms with Gasteiger partial charge in [-0.2, -0.15) is 0 Å². The Hall–Kier alpha value is -0.0800. The van der Waals surface area contributed by atoms with Crippen LogP contribution in [0, 0.1) is 5.92 Å². The predicted molar refractivity (Wildman–Crippen MR) is 48.7 cm³/mol. The number of piperidine rings is 1. The molecule has 0 bridgehead atoms. The van der Waals surface area contributed by atoms with Crippen molar-refractivity contribution in [1.29, 1.82) is 0 Å². The van der Waals surface area contributed by atoms with E-state index in [9.17, 15) is 0 Å². The van der Waals surface area contributed by atoms with E-state index in [0.717, 1.165) is 5.92 Å². The van der Waals surface area contributed by atoms with Crippen molar-refractivity contribution >= 4 is 0 Å². The maximum absolute atomic E-state index is 3.48. The zero-order valence-electron chi connectivity index (χ0n) is 7.69. The first kappa shape index (κ1) is 9.01. The van der Waals surface area contributed by atoms with Crippen LogP contribution in [0.5, 0.6) is 0 Å². The third kappa shape index (κ3) is 3.73. The second kappa shape index (κ2) is 4.73. The van der Waals surface area contributed by atoms with Crippen LogP contribution < -0.4 is 10.6 Å². The first-order valence-corrected chi connectivity index (χ1v) is 4.73. The van der Waals surface area contributed by atoms with Gasteiger partial charge < -0.3 is 10.6 Å². The summed E-state index contributed by atoms with van der Waals surface area (Å²) in [7, 11) is 0. The fraction of sp³-hybridized carbons (Fsp3) is 1.00. The molecule has 1 unspecified atom stereocenters. The van der Waals surface area contributed by atoms with E-state index in [4.69, 9.17) is 0 Å². The average Bonchev–Trinajstić information content (AvgIpc) is 2.03. The molecule has 0 aromatic rings. The third-order valence-electron chi connectivity index (χ3n) is 2.21. The van der Waals surface area contributed by atoms with Crippen molar-refractivity contribution in [3.8, 4) is 0 Å². The molecule has 0 aromatic heterocycles. The Morgan fingerprint density at radius 1 is 1.55 bits per heavy atom. The van der Waals surface area contributed by atoms with Gasteiger partial charge in [-0.25, -0.2) is 0 Å². The Morgan fingerprint density at radius 3 is 2.91 bits per heavy atom. The lowest BCUT2D eigenvalue weighted by molar-refractivity contribution is 0.351. The Morgan fingerprint density at radius 2 is 2.36 bits per heavy atom. The van der Waals surface area contributed by atoms with Crippen molar-refractivity contribution in [3.63, 3.8) is 0 Å². The van der Waals surface area contributed by atoms with E-state index < -0.39 is 0 Å². The SMILES string of the molecule is CC(C)NCC1CCCNC1. The van der Waals surface area contributed by atoms with Crippen LogP contribution in [0.4, 0.5) is 0 Å². The summed E-state index contributed by atoms with van der Waals surface area (Å²) in [5, 5.41) is 6.89. The van der Waals surface area contributed by atoms with E-state index in [1.165, 1.54) is 32.5 Å². The highest BCUT2D eigenvalue weighted by atomic mass is 14.9. The molecule has 0 aromatic carbocycles. The van der Waals surface area contributed by atoms with Crippen molar-refractivity contribution in [2.45, 2.75) is 32.7 Å². The van der Waals surface area contributed by atoms with E-state index in [-0.39, 0.29) is 0 Å². The Labute approximate surface area is 69.8 Å². The molecule has 11 heavy (non-hydrogen) atoms. The molecule has 0 amide bonds. The summed E-state index contributed by atoms with van der Waals surface area (Å²) in [6.07, 6.45) is 2.75. The number of hydrogen-bond donors (Lipinski definition) is 2. The van der Waals surface area contributed by atoms with Crippen LogP contribution >= 0.6 is 0 Å². The number of hydrogen-bond acceptors (Lipinski definition) is 2. The monoisotopic (exact) mass is 156 g/mol. The van der Waals surface area contributed by atoms with Crippen LogP contribution in [-0.4, -0.2) is 25.7 Å². The lowest BCUT2D eigenvalue weighted by Crippen LogP contribution is -2.38. The first-order valence-electron chi connectivity index (χ1n) is 4.73. The molecule has 2 N–H and O–H groups in total. The first-order chi connectivity index (χ1) is 5.29. The molecule has 1 saturated heterocycles. The summed E-state index contributed by atoms with van der Waals surface area (Å²) < 4.78 is 0. The topological polar surface area (TPSA) is 24.1 Å². The molecule has 1 heterocycles. The van der Waals surface area contributed by atoms with E-state index >= 15 is 0 Å². The Bertz CT molecular complexity index is 95.7. The lowest BCUT2D eigenvalue weighted by atomic mass is 9.99. The molecule has 0 radical (unpaired) electrons. The van der Waals surface area contributed by atoms with Crippen molar-refractivity contribution in [1.82, 2.24) is 10.6 Å². The summed E-state index contributed by atoms with van der Waals surface area (Å²) in [5.41, 5.74) is 0. The van der Waals surface area contributed by atoms with Gasteiger partial charge in [-0.1, -0.05) is 13.8 Å². The van der Waals surface area contributed by atoms with E-state index in [1.54, 1.807) is 0 Å². The van der Waals surface area contributed by atoms with Gasteiger partial charge in [0, 0.05) is 6.04 Å². The minimum absolute atomic E-state index is 0.636. The van der Waals surface area contributed by atoms with Crippen LogP contribution in [0.3, 0.4) is 0 Å². The van der Waals surface area contributed by atoms with Gasteiger partial charge in [0.25, 0.3) is 0 Å². The molecule has 1 aliphatic rings. The minimum Gasteiger partial charge on any atom is -0.316 e. The molecule has 2 heteroatoms. The molecule has 1 aliphatic heterocycles. The van der Waals surface area contributed by atoms with Gasteiger partial charge in [0.15, 0.2) is 0 Å². The number of rotatable bonds is 3. The zero-order chi connectivity index (χ0) is 8.10. The third-order valence-corrected chi connectivity index (χ3v) is 2.21. The molecule has 2 nitrogen and oxygen atoms in total. The van der Waals surface area contributed by atoms with Gasteiger partial charge in [0.1, 0.15) is 0 Å². The average molecular weight is 156 g/mol. The summed E-state index contributed by atoms with van der Waals surface area (Å²) in [6.45, 7) is 8.02. The molecule has 1 fully saturated rings. The smallest absolute Gasteiger partial charge is 0.00105 e. The maximum Gasteiger partial charge on any atom is 0.00105 e. The standard InChI is InChI=1S/C9H20N2/c1-8(2)11-7-9-4-3-5-10-6-9/h8-11H,3-7H2,1-2H3. The summed E-state index contributed by atoms with van der Waals surface area (Å²) in [6, 6.07) is 0.636. The molecule has 1 atom stereocenters. The van der Waals surface area contributed by atoms with Crippen molar-refractivity contribution in [2.75, 3.05) is 19.6 Å². The fourth-order valence-corrected chi connectivity index (χ4v) is 1.50. The molecule has 1 rings (SSSR count). The van der Waals surface area contributed by atoms with Gasteiger partial charge in [-0.3, -0.25) is 0 Å². The van der Waals surface area contributed by atoms with Gasteiger partial charge in [0.05, 0.1) is 0 Å². The quantitative estimate of drug-likeness (QED) is 0.636. The molecule has 0 saturated carbocycles. The van der Waals surface area contributed by atoms with Gasteiger partial charge in [-0.15, -0.1) is 0 Å². The lowest BCUT2D eigenvalue weighted by Gasteiger charge is -2.23. The second-order valence-corrected chi connectivity index (χ2v) is 3.78. The van der Waals surface area contributed by atoms with Gasteiger partial charge in [0.2, 0.25) is 0 Å². The van der Waals surface area contributed by atoms with Crippen molar-refractivity contribution in [2.24, 2.45) is 5.92 Å². The highest BCUT2D eigenvalue weighted by molar-refractivity contribution is 4.71. The van der Waals surface area contributed by atoms with Crippen LogP contribution in [0.2, 0.25) is 0 Å². The molecular formula is C9H20N2. The molecule has 0 aliphatic carbocycles. The molecule has 66 valence electrons. The maximum atomic E-state index is 3.48. The summed E-state index contributed by atoms with van der Waals surface area (Å²) in [5.74, 6) is 0.867. The summed E-state index contributed by atoms with van der Waals surface area (Å²) >= 11 is 0. The van der Waals surface area contributed by atoms with Gasteiger partial charge >= 0.3 is 0 Å². The molecule has 0 spiro atoms. The highest BCUT2D eigenvalue weighted by Gasteiger charge is 2.11. The predicted octanol–water partition coefficient (Wildman–Crippen LogP) is 0.984. The van der Waals surface area contributed by atoms with Crippen molar-refractivity contribution < 1.29 is 0 Å². The Balaban J connectivity index is 2.05. The normalized spacial score (nSPS) is 25.9. The van der Waals surface area contributed by atoms with Crippen LogP contribution in [0.25, 0.3) is 0 Å². The van der Waals surface area contributed by atoms with Crippen LogP contribution in [0.1, 0.15) is 26.7 Å². The van der Waals surface area contributed by atoms with E-state index in [0.29, 0.717) is 6.04 Å². The highest BCUT2D eigenvalue weighted by Crippen LogP contribution is 2.08. The summed E-state index contributed by atoms with van der Waals surface area (Å²) in [4.78, 5) is 0.